The minimum Gasteiger partial charge on any atom is -0.497 e. The lowest BCUT2D eigenvalue weighted by molar-refractivity contribution is 0.103. The molecule has 0 amide bonds. The number of hydrogen-bond donors (Lipinski definition) is 0. The van der Waals surface area contributed by atoms with Crippen LogP contribution in [-0.2, 0) is 0 Å². The first-order valence-electron chi connectivity index (χ1n) is 7.65. The number of benzene rings is 3. The first-order chi connectivity index (χ1) is 11.7. The van der Waals surface area contributed by atoms with Crippen LogP contribution in [0.25, 0.3) is 11.1 Å². The van der Waals surface area contributed by atoms with Gasteiger partial charge in [0.2, 0.25) is 0 Å². The molecule has 3 rings (SSSR count). The Morgan fingerprint density at radius 3 is 2.08 bits per heavy atom. The van der Waals surface area contributed by atoms with E-state index in [1.165, 1.54) is 0 Å². The van der Waals surface area contributed by atoms with Gasteiger partial charge >= 0.3 is 0 Å². The molecule has 0 heterocycles. The van der Waals surface area contributed by atoms with Gasteiger partial charge in [-0.2, -0.15) is 0 Å². The van der Waals surface area contributed by atoms with Crippen LogP contribution in [0, 0.1) is 0 Å². The fourth-order valence-electron chi connectivity index (χ4n) is 2.68. The van der Waals surface area contributed by atoms with Gasteiger partial charge in [0.1, 0.15) is 11.5 Å². The van der Waals surface area contributed by atoms with Gasteiger partial charge < -0.3 is 9.47 Å². The van der Waals surface area contributed by atoms with Crippen LogP contribution in [0.5, 0.6) is 11.5 Å². The summed E-state index contributed by atoms with van der Waals surface area (Å²) in [5, 5.41) is 0. The molecule has 0 saturated heterocycles. The second-order valence-corrected chi connectivity index (χ2v) is 5.31. The first-order valence-corrected chi connectivity index (χ1v) is 7.65. The Labute approximate surface area is 141 Å². The number of rotatable bonds is 5. The summed E-state index contributed by atoms with van der Waals surface area (Å²) in [5.74, 6) is 1.31. The van der Waals surface area contributed by atoms with Gasteiger partial charge in [-0.05, 0) is 23.8 Å². The van der Waals surface area contributed by atoms with Crippen LogP contribution in [0.1, 0.15) is 15.9 Å². The van der Waals surface area contributed by atoms with Crippen LogP contribution in [0.2, 0.25) is 0 Å². The van der Waals surface area contributed by atoms with Gasteiger partial charge in [-0.25, -0.2) is 0 Å². The van der Waals surface area contributed by atoms with Crippen LogP contribution in [0.15, 0.2) is 72.8 Å². The van der Waals surface area contributed by atoms with Crippen LogP contribution in [0.4, 0.5) is 0 Å². The largest absolute Gasteiger partial charge is 0.497 e. The minimum absolute atomic E-state index is 0.0530. The third kappa shape index (κ3) is 3.01. The molecule has 0 atom stereocenters. The first kappa shape index (κ1) is 15.8. The van der Waals surface area contributed by atoms with Crippen LogP contribution < -0.4 is 9.47 Å². The van der Waals surface area contributed by atoms with Crippen LogP contribution in [-0.4, -0.2) is 20.0 Å². The van der Waals surface area contributed by atoms with E-state index in [0.29, 0.717) is 16.9 Å². The van der Waals surface area contributed by atoms with Crippen molar-refractivity contribution in [1.29, 1.82) is 0 Å². The van der Waals surface area contributed by atoms with Crippen molar-refractivity contribution in [2.24, 2.45) is 0 Å². The van der Waals surface area contributed by atoms with Gasteiger partial charge in [0.25, 0.3) is 0 Å². The fraction of sp³-hybridized carbons (Fsp3) is 0.0952. The summed E-state index contributed by atoms with van der Waals surface area (Å²) in [4.78, 5) is 12.8. The van der Waals surface area contributed by atoms with E-state index in [-0.39, 0.29) is 5.78 Å². The van der Waals surface area contributed by atoms with Gasteiger partial charge in [-0.3, -0.25) is 4.79 Å². The molecule has 0 spiro atoms. The zero-order chi connectivity index (χ0) is 16.9. The summed E-state index contributed by atoms with van der Waals surface area (Å²) in [5.41, 5.74) is 3.04. The molecule has 0 bridgehead atoms. The van der Waals surface area contributed by atoms with E-state index in [1.54, 1.807) is 20.3 Å². The third-order valence-corrected chi connectivity index (χ3v) is 3.90. The van der Waals surface area contributed by atoms with E-state index >= 15 is 0 Å². The highest BCUT2D eigenvalue weighted by Crippen LogP contribution is 2.35. The summed E-state index contributed by atoms with van der Waals surface area (Å²) in [6.45, 7) is 0. The molecule has 120 valence electrons. The van der Waals surface area contributed by atoms with E-state index in [0.717, 1.165) is 16.9 Å². The molecule has 3 heteroatoms. The monoisotopic (exact) mass is 318 g/mol. The van der Waals surface area contributed by atoms with Gasteiger partial charge in [-0.15, -0.1) is 0 Å². The lowest BCUT2D eigenvalue weighted by Crippen LogP contribution is -2.04. The number of carbonyl (C=O) groups is 1. The smallest absolute Gasteiger partial charge is 0.196 e. The Kier molecular flexibility index (Phi) is 4.62. The van der Waals surface area contributed by atoms with E-state index in [1.807, 2.05) is 66.7 Å². The second kappa shape index (κ2) is 7.01. The molecule has 0 radical (unpaired) electrons. The minimum atomic E-state index is -0.0530. The number of ether oxygens (including phenoxy) is 2. The Morgan fingerprint density at radius 2 is 1.46 bits per heavy atom. The summed E-state index contributed by atoms with van der Waals surface area (Å²) in [6.07, 6.45) is 0. The topological polar surface area (TPSA) is 35.5 Å². The van der Waals surface area contributed by atoms with Crippen molar-refractivity contribution in [2.45, 2.75) is 0 Å². The SMILES string of the molecule is COc1ccc(-c2cccc(C(=O)c3ccccc3)c2OC)cc1. The van der Waals surface area contributed by atoms with E-state index < -0.39 is 0 Å². The highest BCUT2D eigenvalue weighted by molar-refractivity contribution is 6.11. The molecular weight excluding hydrogens is 300 g/mol. The molecule has 0 saturated carbocycles. The Morgan fingerprint density at radius 1 is 0.750 bits per heavy atom. The average Bonchev–Trinajstić information content (AvgIpc) is 2.67. The lowest BCUT2D eigenvalue weighted by Gasteiger charge is -2.13. The van der Waals surface area contributed by atoms with Crippen molar-refractivity contribution in [3.05, 3.63) is 83.9 Å². The molecule has 0 N–H and O–H groups in total. The normalized spacial score (nSPS) is 10.2. The fourth-order valence-corrected chi connectivity index (χ4v) is 2.68. The van der Waals surface area contributed by atoms with E-state index in [2.05, 4.69) is 0 Å². The summed E-state index contributed by atoms with van der Waals surface area (Å²) >= 11 is 0. The molecule has 0 aliphatic carbocycles. The van der Waals surface area contributed by atoms with Gasteiger partial charge in [0.05, 0.1) is 19.8 Å². The molecule has 0 aliphatic rings. The summed E-state index contributed by atoms with van der Waals surface area (Å²) < 4.78 is 10.8. The molecule has 0 aromatic heterocycles. The maximum absolute atomic E-state index is 12.8. The van der Waals surface area contributed by atoms with Crippen molar-refractivity contribution in [3.8, 4) is 22.6 Å². The number of carbonyl (C=O) groups excluding carboxylic acids is 1. The van der Waals surface area contributed by atoms with Crippen LogP contribution >= 0.6 is 0 Å². The molecule has 3 aromatic rings. The molecule has 0 fully saturated rings. The van der Waals surface area contributed by atoms with E-state index in [4.69, 9.17) is 9.47 Å². The van der Waals surface area contributed by atoms with Crippen molar-refractivity contribution < 1.29 is 14.3 Å². The Balaban J connectivity index is 2.07. The zero-order valence-electron chi connectivity index (χ0n) is 13.7. The lowest BCUT2D eigenvalue weighted by atomic mass is 9.96. The van der Waals surface area contributed by atoms with Gasteiger partial charge in [0.15, 0.2) is 5.78 Å². The molecule has 0 unspecified atom stereocenters. The zero-order valence-corrected chi connectivity index (χ0v) is 13.7. The highest BCUT2D eigenvalue weighted by Gasteiger charge is 2.18. The van der Waals surface area contributed by atoms with Crippen molar-refractivity contribution >= 4 is 5.78 Å². The van der Waals surface area contributed by atoms with Gasteiger partial charge in [-0.1, -0.05) is 54.6 Å². The maximum Gasteiger partial charge on any atom is 0.196 e. The van der Waals surface area contributed by atoms with Gasteiger partial charge in [0, 0.05) is 11.1 Å². The number of hydrogen-bond acceptors (Lipinski definition) is 3. The second-order valence-electron chi connectivity index (χ2n) is 5.31. The predicted molar refractivity (Wildman–Crippen MR) is 94.9 cm³/mol. The summed E-state index contributed by atoms with van der Waals surface area (Å²) in [6, 6.07) is 22.5. The molecule has 3 nitrogen and oxygen atoms in total. The number of ketones is 1. The van der Waals surface area contributed by atoms with Crippen LogP contribution in [0.3, 0.4) is 0 Å². The Bertz CT molecular complexity index is 837. The molecule has 3 aromatic carbocycles. The highest BCUT2D eigenvalue weighted by atomic mass is 16.5. The number of para-hydroxylation sites is 1. The standard InChI is InChI=1S/C21H18O3/c1-23-17-13-11-15(12-14-17)18-9-6-10-19(21(18)24-2)20(22)16-7-4-3-5-8-16/h3-14H,1-2H3. The molecule has 24 heavy (non-hydrogen) atoms. The maximum atomic E-state index is 12.8. The average molecular weight is 318 g/mol. The van der Waals surface area contributed by atoms with Crippen molar-refractivity contribution in [3.63, 3.8) is 0 Å². The quantitative estimate of drug-likeness (QED) is 0.645. The predicted octanol–water partition coefficient (Wildman–Crippen LogP) is 4.60. The van der Waals surface area contributed by atoms with Crippen molar-refractivity contribution in [1.82, 2.24) is 0 Å². The Hall–Kier alpha value is -3.07. The molecular formula is C21H18O3. The summed E-state index contributed by atoms with van der Waals surface area (Å²) in [7, 11) is 3.22. The molecule has 0 aliphatic heterocycles. The van der Waals surface area contributed by atoms with Crippen molar-refractivity contribution in [2.75, 3.05) is 14.2 Å². The number of methoxy groups -OCH3 is 2. The van der Waals surface area contributed by atoms with E-state index in [9.17, 15) is 4.79 Å². The third-order valence-electron chi connectivity index (χ3n) is 3.90.